The number of ether oxygens (including phenoxy) is 1. The Morgan fingerprint density at radius 3 is 2.57 bits per heavy atom. The molecule has 5 nitrogen and oxygen atoms in total. The van der Waals surface area contributed by atoms with E-state index >= 15 is 0 Å². The van der Waals surface area contributed by atoms with Gasteiger partial charge in [0.2, 0.25) is 5.13 Å². The van der Waals surface area contributed by atoms with Gasteiger partial charge < -0.3 is 4.74 Å². The third-order valence-electron chi connectivity index (χ3n) is 3.16. The Hall–Kier alpha value is -1.47. The molecule has 1 aromatic carbocycles. The van der Waals surface area contributed by atoms with Crippen molar-refractivity contribution in [3.05, 3.63) is 33.2 Å². The molecule has 1 heterocycles. The van der Waals surface area contributed by atoms with Gasteiger partial charge in [0, 0.05) is 5.92 Å². The minimum atomic E-state index is -0.253. The van der Waals surface area contributed by atoms with Gasteiger partial charge >= 0.3 is 0 Å². The molecule has 0 aliphatic rings. The summed E-state index contributed by atoms with van der Waals surface area (Å²) in [6, 6.07) is 5.88. The molecule has 2 aromatic rings. The quantitative estimate of drug-likeness (QED) is 0.775. The van der Waals surface area contributed by atoms with Crippen molar-refractivity contribution in [2.24, 2.45) is 0 Å². The summed E-state index contributed by atoms with van der Waals surface area (Å²) in [7, 11) is 0. The molecule has 0 saturated carbocycles. The van der Waals surface area contributed by atoms with Crippen molar-refractivity contribution in [1.29, 1.82) is 0 Å². The van der Waals surface area contributed by atoms with Crippen LogP contribution in [0.1, 0.15) is 50.1 Å². The predicted octanol–water partition coefficient (Wildman–Crippen LogP) is 4.56. The van der Waals surface area contributed by atoms with Crippen molar-refractivity contribution < 1.29 is 9.53 Å². The fourth-order valence-electron chi connectivity index (χ4n) is 1.81. The van der Waals surface area contributed by atoms with Crippen molar-refractivity contribution in [2.75, 3.05) is 11.9 Å². The maximum Gasteiger partial charge on any atom is 0.264 e. The fraction of sp³-hybridized carbons (Fsp3) is 0.438. The van der Waals surface area contributed by atoms with Crippen LogP contribution in [0.2, 0.25) is 0 Å². The molecular formula is C16H20BrN3O2S. The first-order chi connectivity index (χ1) is 10.9. The van der Waals surface area contributed by atoms with Crippen molar-refractivity contribution in [1.82, 2.24) is 10.2 Å². The lowest BCUT2D eigenvalue weighted by atomic mass is 10.0. The normalized spacial score (nSPS) is 11.1. The molecule has 23 heavy (non-hydrogen) atoms. The first-order valence-electron chi connectivity index (χ1n) is 7.42. The van der Waals surface area contributed by atoms with Crippen molar-refractivity contribution in [2.45, 2.75) is 39.5 Å². The average Bonchev–Trinajstić information content (AvgIpc) is 2.94. The Balaban J connectivity index is 1.91. The van der Waals surface area contributed by atoms with Gasteiger partial charge in [0.1, 0.15) is 10.8 Å². The van der Waals surface area contributed by atoms with Gasteiger partial charge in [0.25, 0.3) is 5.91 Å². The van der Waals surface area contributed by atoms with E-state index in [1.54, 1.807) is 0 Å². The van der Waals surface area contributed by atoms with E-state index in [1.165, 1.54) is 16.9 Å². The first kappa shape index (κ1) is 17.9. The van der Waals surface area contributed by atoms with E-state index in [0.29, 0.717) is 22.7 Å². The van der Waals surface area contributed by atoms with E-state index in [4.69, 9.17) is 4.74 Å². The summed E-state index contributed by atoms with van der Waals surface area (Å²) in [5.41, 5.74) is 1.21. The average molecular weight is 398 g/mol. The van der Waals surface area contributed by atoms with Crippen molar-refractivity contribution in [3.63, 3.8) is 0 Å². The maximum atomic E-state index is 11.9. The number of aromatic nitrogens is 2. The maximum absolute atomic E-state index is 11.9. The predicted molar refractivity (Wildman–Crippen MR) is 96.4 cm³/mol. The second kappa shape index (κ2) is 7.88. The summed E-state index contributed by atoms with van der Waals surface area (Å²) in [5, 5.41) is 12.1. The van der Waals surface area contributed by atoms with Gasteiger partial charge in [-0.15, -0.1) is 10.2 Å². The Labute approximate surface area is 148 Å². The van der Waals surface area contributed by atoms with E-state index in [-0.39, 0.29) is 12.5 Å². The van der Waals surface area contributed by atoms with E-state index in [9.17, 15) is 4.79 Å². The van der Waals surface area contributed by atoms with Crippen LogP contribution in [0.5, 0.6) is 5.75 Å². The number of anilines is 1. The molecule has 0 aliphatic carbocycles. The smallest absolute Gasteiger partial charge is 0.264 e. The van der Waals surface area contributed by atoms with Gasteiger partial charge in [0.15, 0.2) is 6.61 Å². The SMILES string of the molecule is CC(C)c1ccc(OCC(=O)Nc2nnc(C(C)C)s2)c(Br)c1. The molecule has 0 aliphatic heterocycles. The van der Waals surface area contributed by atoms with Gasteiger partial charge in [-0.3, -0.25) is 10.1 Å². The highest BCUT2D eigenvalue weighted by Gasteiger charge is 2.12. The van der Waals surface area contributed by atoms with Crippen LogP contribution in [-0.4, -0.2) is 22.7 Å². The number of carbonyl (C=O) groups excluding carboxylic acids is 1. The summed E-state index contributed by atoms with van der Waals surface area (Å²) in [4.78, 5) is 11.9. The summed E-state index contributed by atoms with van der Waals surface area (Å²) in [5.74, 6) is 1.13. The standard InChI is InChI=1S/C16H20BrN3O2S/c1-9(2)11-5-6-13(12(17)7-11)22-8-14(21)18-16-20-19-15(23-16)10(3)4/h5-7,9-10H,8H2,1-4H3,(H,18,20,21). The number of amides is 1. The summed E-state index contributed by atoms with van der Waals surface area (Å²) in [6.07, 6.45) is 0. The highest BCUT2D eigenvalue weighted by molar-refractivity contribution is 9.10. The molecule has 0 radical (unpaired) electrons. The number of hydrogen-bond acceptors (Lipinski definition) is 5. The lowest BCUT2D eigenvalue weighted by Gasteiger charge is -2.11. The molecule has 0 bridgehead atoms. The fourth-order valence-corrected chi connectivity index (χ4v) is 3.08. The number of nitrogens with one attached hydrogen (secondary N) is 1. The lowest BCUT2D eigenvalue weighted by molar-refractivity contribution is -0.118. The highest BCUT2D eigenvalue weighted by atomic mass is 79.9. The van der Waals surface area contributed by atoms with Crippen LogP contribution >= 0.6 is 27.3 Å². The van der Waals surface area contributed by atoms with Crippen LogP contribution in [-0.2, 0) is 4.79 Å². The lowest BCUT2D eigenvalue weighted by Crippen LogP contribution is -2.20. The van der Waals surface area contributed by atoms with Crippen LogP contribution in [0.25, 0.3) is 0 Å². The molecule has 0 fully saturated rings. The zero-order valence-electron chi connectivity index (χ0n) is 13.6. The van der Waals surface area contributed by atoms with E-state index in [1.807, 2.05) is 32.0 Å². The number of hydrogen-bond donors (Lipinski definition) is 1. The molecule has 1 aromatic heterocycles. The molecule has 0 spiro atoms. The van der Waals surface area contributed by atoms with E-state index in [2.05, 4.69) is 45.3 Å². The Kier molecular flexibility index (Phi) is 6.12. The Morgan fingerprint density at radius 1 is 1.26 bits per heavy atom. The molecule has 0 saturated heterocycles. The largest absolute Gasteiger partial charge is 0.483 e. The number of halogens is 1. The molecular weight excluding hydrogens is 378 g/mol. The zero-order chi connectivity index (χ0) is 17.0. The van der Waals surface area contributed by atoms with Crippen LogP contribution in [0.15, 0.2) is 22.7 Å². The van der Waals surface area contributed by atoms with Crippen LogP contribution in [0.4, 0.5) is 5.13 Å². The molecule has 2 rings (SSSR count). The van der Waals surface area contributed by atoms with Gasteiger partial charge in [-0.2, -0.15) is 0 Å². The van der Waals surface area contributed by atoms with Gasteiger partial charge in [-0.25, -0.2) is 0 Å². The van der Waals surface area contributed by atoms with Crippen LogP contribution in [0, 0.1) is 0 Å². The second-order valence-electron chi connectivity index (χ2n) is 5.78. The number of rotatable bonds is 6. The first-order valence-corrected chi connectivity index (χ1v) is 9.03. The molecule has 124 valence electrons. The van der Waals surface area contributed by atoms with Crippen LogP contribution < -0.4 is 10.1 Å². The minimum Gasteiger partial charge on any atom is -0.483 e. The molecule has 1 amide bonds. The monoisotopic (exact) mass is 397 g/mol. The number of benzene rings is 1. The number of nitrogens with zero attached hydrogens (tertiary/aromatic N) is 2. The van der Waals surface area contributed by atoms with E-state index < -0.39 is 0 Å². The summed E-state index contributed by atoms with van der Waals surface area (Å²) in [6.45, 7) is 8.25. The van der Waals surface area contributed by atoms with Gasteiger partial charge in [0.05, 0.1) is 4.47 Å². The molecule has 0 atom stereocenters. The van der Waals surface area contributed by atoms with Gasteiger partial charge in [-0.1, -0.05) is 45.1 Å². The molecule has 1 N–H and O–H groups in total. The third-order valence-corrected chi connectivity index (χ3v) is 4.92. The minimum absolute atomic E-state index is 0.0732. The van der Waals surface area contributed by atoms with Crippen LogP contribution in [0.3, 0.4) is 0 Å². The topological polar surface area (TPSA) is 64.1 Å². The Morgan fingerprint density at radius 2 is 2.00 bits per heavy atom. The zero-order valence-corrected chi connectivity index (χ0v) is 16.0. The van der Waals surface area contributed by atoms with Crippen molar-refractivity contribution >= 4 is 38.3 Å². The van der Waals surface area contributed by atoms with Gasteiger partial charge in [-0.05, 0) is 39.5 Å². The Bertz CT molecular complexity index is 686. The van der Waals surface area contributed by atoms with E-state index in [0.717, 1.165) is 9.48 Å². The molecule has 7 heteroatoms. The second-order valence-corrected chi connectivity index (χ2v) is 7.64. The van der Waals surface area contributed by atoms with Crippen molar-refractivity contribution in [3.8, 4) is 5.75 Å². The third kappa shape index (κ3) is 5.00. The summed E-state index contributed by atoms with van der Waals surface area (Å²) >= 11 is 4.85. The molecule has 0 unspecified atom stereocenters. The summed E-state index contributed by atoms with van der Waals surface area (Å²) < 4.78 is 6.40. The number of carbonyl (C=O) groups is 1. The highest BCUT2D eigenvalue weighted by Crippen LogP contribution is 2.29.